The molecule has 1 aromatic heterocycles. The molecule has 2 amide bonds. The number of anilines is 1. The smallest absolute Gasteiger partial charge is 0.252 e. The minimum absolute atomic E-state index is 0.126. The summed E-state index contributed by atoms with van der Waals surface area (Å²) in [4.78, 5) is 28.9. The van der Waals surface area contributed by atoms with Crippen molar-refractivity contribution in [1.82, 2.24) is 15.5 Å². The average Bonchev–Trinajstić information content (AvgIpc) is 3.27. The normalized spacial score (nSPS) is 15.8. The van der Waals surface area contributed by atoms with Crippen LogP contribution in [0.3, 0.4) is 0 Å². The summed E-state index contributed by atoms with van der Waals surface area (Å²) in [6.45, 7) is 8.53. The fraction of sp³-hybridized carbons (Fsp3) is 0.429. The third-order valence-corrected chi connectivity index (χ3v) is 5.87. The second-order valence-corrected chi connectivity index (χ2v) is 7.89. The topological polar surface area (TPSA) is 64.7 Å². The Kier molecular flexibility index (Phi) is 7.22. The number of carbonyl (C=O) groups excluding carboxylic acids is 2. The molecule has 156 valence electrons. The molecule has 1 aliphatic heterocycles. The fourth-order valence-electron chi connectivity index (χ4n) is 3.49. The van der Waals surface area contributed by atoms with Gasteiger partial charge in [0.2, 0.25) is 5.91 Å². The molecule has 8 heteroatoms. The van der Waals surface area contributed by atoms with Crippen LogP contribution in [0, 0.1) is 5.82 Å². The number of thiophene rings is 1. The van der Waals surface area contributed by atoms with Crippen LogP contribution in [0.15, 0.2) is 35.0 Å². The van der Waals surface area contributed by atoms with Crippen LogP contribution in [0.2, 0.25) is 0 Å². The minimum Gasteiger partial charge on any atom is -0.369 e. The lowest BCUT2D eigenvalue weighted by atomic mass is 10.0. The highest BCUT2D eigenvalue weighted by molar-refractivity contribution is 7.08. The molecular weight excluding hydrogens is 391 g/mol. The molecule has 1 saturated heterocycles. The van der Waals surface area contributed by atoms with Crippen molar-refractivity contribution >= 4 is 28.8 Å². The summed E-state index contributed by atoms with van der Waals surface area (Å²) >= 11 is 1.42. The molecule has 2 N–H and O–H groups in total. The highest BCUT2D eigenvalue weighted by atomic mass is 32.1. The van der Waals surface area contributed by atoms with Crippen molar-refractivity contribution in [3.63, 3.8) is 0 Å². The van der Waals surface area contributed by atoms with Gasteiger partial charge in [-0.2, -0.15) is 11.3 Å². The lowest BCUT2D eigenvalue weighted by molar-refractivity contribution is -0.120. The lowest BCUT2D eigenvalue weighted by Crippen LogP contribution is -2.46. The van der Waals surface area contributed by atoms with Gasteiger partial charge >= 0.3 is 0 Å². The van der Waals surface area contributed by atoms with E-state index in [4.69, 9.17) is 0 Å². The van der Waals surface area contributed by atoms with Crippen LogP contribution in [-0.2, 0) is 4.79 Å². The van der Waals surface area contributed by atoms with Crippen LogP contribution >= 0.6 is 11.3 Å². The Morgan fingerprint density at radius 1 is 1.21 bits per heavy atom. The first-order chi connectivity index (χ1) is 14.0. The predicted octanol–water partition coefficient (Wildman–Crippen LogP) is 2.64. The van der Waals surface area contributed by atoms with Gasteiger partial charge in [-0.15, -0.1) is 0 Å². The van der Waals surface area contributed by atoms with Gasteiger partial charge in [-0.25, -0.2) is 4.39 Å². The highest BCUT2D eigenvalue weighted by Gasteiger charge is 2.22. The van der Waals surface area contributed by atoms with Crippen LogP contribution in [0.1, 0.15) is 35.8 Å². The van der Waals surface area contributed by atoms with Crippen LogP contribution < -0.4 is 15.5 Å². The van der Waals surface area contributed by atoms with Gasteiger partial charge in [-0.3, -0.25) is 9.59 Å². The van der Waals surface area contributed by atoms with E-state index in [1.54, 1.807) is 17.5 Å². The first-order valence-electron chi connectivity index (χ1n) is 9.84. The van der Waals surface area contributed by atoms with Gasteiger partial charge in [0, 0.05) is 48.4 Å². The molecule has 1 fully saturated rings. The van der Waals surface area contributed by atoms with Crippen molar-refractivity contribution in [2.24, 2.45) is 0 Å². The van der Waals surface area contributed by atoms with E-state index >= 15 is 0 Å². The Balaban J connectivity index is 1.62. The first kappa shape index (κ1) is 21.3. The second-order valence-electron chi connectivity index (χ2n) is 7.11. The Bertz CT molecular complexity index is 835. The van der Waals surface area contributed by atoms with Crippen LogP contribution in [0.4, 0.5) is 10.1 Å². The summed E-state index contributed by atoms with van der Waals surface area (Å²) in [6.07, 6.45) is 0. The number of hydrogen-bond acceptors (Lipinski definition) is 5. The van der Waals surface area contributed by atoms with Crippen LogP contribution in [0.25, 0.3) is 0 Å². The van der Waals surface area contributed by atoms with E-state index in [1.165, 1.54) is 23.5 Å². The molecular formula is C21H27FN4O2S. The van der Waals surface area contributed by atoms with Gasteiger partial charge in [0.1, 0.15) is 5.82 Å². The van der Waals surface area contributed by atoms with Gasteiger partial charge in [0.05, 0.1) is 12.6 Å². The van der Waals surface area contributed by atoms with Crippen LogP contribution in [0.5, 0.6) is 0 Å². The number of piperazine rings is 1. The summed E-state index contributed by atoms with van der Waals surface area (Å²) in [5.74, 6) is -0.927. The van der Waals surface area contributed by atoms with E-state index in [-0.39, 0.29) is 30.2 Å². The van der Waals surface area contributed by atoms with Crippen molar-refractivity contribution < 1.29 is 14.0 Å². The number of nitrogens with one attached hydrogen (secondary N) is 2. The van der Waals surface area contributed by atoms with Gasteiger partial charge in [-0.1, -0.05) is 6.92 Å². The average molecular weight is 419 g/mol. The molecule has 0 saturated carbocycles. The van der Waals surface area contributed by atoms with Crippen molar-refractivity contribution in [3.8, 4) is 0 Å². The van der Waals surface area contributed by atoms with Gasteiger partial charge < -0.3 is 20.4 Å². The standard InChI is InChI=1S/C21H27FN4O2S/c1-3-25-7-9-26(10-8-25)19-5-4-17(22)12-18(19)15(2)24-20(27)13-23-21(28)16-6-11-29-14-16/h4-6,11-12,14-15H,3,7-10,13H2,1-2H3,(H,23,28)(H,24,27). The maximum Gasteiger partial charge on any atom is 0.252 e. The number of amides is 2. The monoisotopic (exact) mass is 418 g/mol. The molecule has 3 rings (SSSR count). The van der Waals surface area contributed by atoms with Gasteiger partial charge in [-0.05, 0) is 43.1 Å². The number of nitrogens with zero attached hydrogens (tertiary/aromatic N) is 2. The van der Waals surface area contributed by atoms with E-state index in [9.17, 15) is 14.0 Å². The number of rotatable bonds is 7. The van der Waals surface area contributed by atoms with E-state index in [0.29, 0.717) is 5.56 Å². The largest absolute Gasteiger partial charge is 0.369 e. The summed E-state index contributed by atoms with van der Waals surface area (Å²) in [5, 5.41) is 9.01. The molecule has 0 radical (unpaired) electrons. The molecule has 1 unspecified atom stereocenters. The molecule has 2 heterocycles. The Morgan fingerprint density at radius 3 is 2.62 bits per heavy atom. The summed E-state index contributed by atoms with van der Waals surface area (Å²) in [7, 11) is 0. The number of hydrogen-bond donors (Lipinski definition) is 2. The molecule has 1 atom stereocenters. The third-order valence-electron chi connectivity index (χ3n) is 5.19. The van der Waals surface area contributed by atoms with Crippen molar-refractivity contribution in [2.45, 2.75) is 19.9 Å². The molecule has 1 aliphatic rings. The van der Waals surface area contributed by atoms with E-state index in [1.807, 2.05) is 12.3 Å². The molecule has 0 bridgehead atoms. The molecule has 0 spiro atoms. The molecule has 1 aromatic carbocycles. The summed E-state index contributed by atoms with van der Waals surface area (Å²) in [6, 6.07) is 6.05. The Morgan fingerprint density at radius 2 is 1.97 bits per heavy atom. The van der Waals surface area contributed by atoms with E-state index < -0.39 is 0 Å². The van der Waals surface area contributed by atoms with Crippen molar-refractivity contribution in [2.75, 3.05) is 44.2 Å². The lowest BCUT2D eigenvalue weighted by Gasteiger charge is -2.37. The zero-order valence-corrected chi connectivity index (χ0v) is 17.6. The maximum absolute atomic E-state index is 13.9. The van der Waals surface area contributed by atoms with Crippen molar-refractivity contribution in [1.29, 1.82) is 0 Å². The van der Waals surface area contributed by atoms with E-state index in [0.717, 1.165) is 44.0 Å². The summed E-state index contributed by atoms with van der Waals surface area (Å²) < 4.78 is 13.9. The second kappa shape index (κ2) is 9.84. The number of carbonyl (C=O) groups is 2. The Hall–Kier alpha value is -2.45. The molecule has 2 aromatic rings. The molecule has 0 aliphatic carbocycles. The minimum atomic E-state index is -0.379. The van der Waals surface area contributed by atoms with Gasteiger partial charge in [0.25, 0.3) is 5.91 Å². The zero-order valence-electron chi connectivity index (χ0n) is 16.8. The number of halogens is 1. The quantitative estimate of drug-likeness (QED) is 0.726. The van der Waals surface area contributed by atoms with Crippen molar-refractivity contribution in [3.05, 3.63) is 52.0 Å². The van der Waals surface area contributed by atoms with Crippen LogP contribution in [-0.4, -0.2) is 56.0 Å². The predicted molar refractivity (Wildman–Crippen MR) is 114 cm³/mol. The highest BCUT2D eigenvalue weighted by Crippen LogP contribution is 2.28. The number of likely N-dealkylation sites (N-methyl/N-ethyl adjacent to an activating group) is 1. The number of benzene rings is 1. The van der Waals surface area contributed by atoms with Gasteiger partial charge in [0.15, 0.2) is 0 Å². The summed E-state index contributed by atoms with van der Waals surface area (Å²) in [5.41, 5.74) is 2.22. The maximum atomic E-state index is 13.9. The SMILES string of the molecule is CCN1CCN(c2ccc(F)cc2C(C)NC(=O)CNC(=O)c2ccsc2)CC1. The van der Waals surface area contributed by atoms with E-state index in [2.05, 4.69) is 27.4 Å². The fourth-order valence-corrected chi connectivity index (χ4v) is 4.13. The zero-order chi connectivity index (χ0) is 20.8. The first-order valence-corrected chi connectivity index (χ1v) is 10.8. The molecule has 6 nitrogen and oxygen atoms in total. The Labute approximate surface area is 174 Å². The third kappa shape index (κ3) is 5.55. The molecule has 29 heavy (non-hydrogen) atoms.